The molecule has 2 amide bonds. The number of likely N-dealkylation sites (tertiary alicyclic amines) is 1. The Morgan fingerprint density at radius 2 is 2.26 bits per heavy atom. The predicted molar refractivity (Wildman–Crippen MR) is 101 cm³/mol. The molecule has 1 saturated heterocycles. The van der Waals surface area contributed by atoms with Gasteiger partial charge in [0, 0.05) is 43.6 Å². The molecule has 0 unspecified atom stereocenters. The predicted octanol–water partition coefficient (Wildman–Crippen LogP) is 1.66. The van der Waals surface area contributed by atoms with Crippen LogP contribution in [0.3, 0.4) is 0 Å². The van der Waals surface area contributed by atoms with Crippen LogP contribution >= 0.6 is 11.8 Å². The summed E-state index contributed by atoms with van der Waals surface area (Å²) < 4.78 is 7.46. The number of nitrogens with zero attached hydrogens (tertiary/aromatic N) is 3. The number of para-hydroxylation sites is 1. The van der Waals surface area contributed by atoms with Gasteiger partial charge in [0.25, 0.3) is 0 Å². The molecule has 4 rings (SSSR count). The van der Waals surface area contributed by atoms with Gasteiger partial charge in [-0.15, -0.1) is 0 Å². The van der Waals surface area contributed by atoms with Crippen LogP contribution < -0.4 is 10.1 Å². The number of methoxy groups -OCH3 is 1. The Balaban J connectivity index is 1.33. The normalized spacial score (nSPS) is 18.6. The number of carbonyl (C=O) groups is 2. The van der Waals surface area contributed by atoms with Crippen LogP contribution in [-0.2, 0) is 29.2 Å². The first-order valence-corrected chi connectivity index (χ1v) is 9.99. The fourth-order valence-corrected chi connectivity index (χ4v) is 4.47. The molecule has 2 aliphatic rings. The molecule has 0 spiro atoms. The summed E-state index contributed by atoms with van der Waals surface area (Å²) in [6, 6.07) is 7.63. The second-order valence-electron chi connectivity index (χ2n) is 6.76. The number of ether oxygens (including phenoxy) is 1. The lowest BCUT2D eigenvalue weighted by atomic mass is 10.1. The van der Waals surface area contributed by atoms with Crippen LogP contribution in [0.4, 0.5) is 0 Å². The number of nitrogens with one attached hydrogen (secondary N) is 1. The zero-order chi connectivity index (χ0) is 18.8. The van der Waals surface area contributed by atoms with Gasteiger partial charge >= 0.3 is 0 Å². The molecule has 27 heavy (non-hydrogen) atoms. The van der Waals surface area contributed by atoms with Gasteiger partial charge < -0.3 is 19.5 Å². The molecule has 7 nitrogen and oxygen atoms in total. The van der Waals surface area contributed by atoms with E-state index >= 15 is 0 Å². The molecule has 1 fully saturated rings. The van der Waals surface area contributed by atoms with Crippen molar-refractivity contribution in [2.75, 3.05) is 19.4 Å². The number of aromatic nitrogens is 2. The minimum atomic E-state index is -0.323. The maximum absolute atomic E-state index is 12.5. The highest BCUT2D eigenvalue weighted by Crippen LogP contribution is 2.26. The van der Waals surface area contributed by atoms with E-state index in [1.807, 2.05) is 30.5 Å². The van der Waals surface area contributed by atoms with E-state index in [-0.39, 0.29) is 24.2 Å². The fraction of sp³-hybridized carbons (Fsp3) is 0.421. The van der Waals surface area contributed by atoms with E-state index < -0.39 is 0 Å². The number of thioether (sulfide) groups is 1. The Bertz CT molecular complexity index is 845. The molecule has 3 heterocycles. The van der Waals surface area contributed by atoms with Crippen molar-refractivity contribution in [2.24, 2.45) is 5.92 Å². The summed E-state index contributed by atoms with van der Waals surface area (Å²) in [5, 5.41) is 3.94. The van der Waals surface area contributed by atoms with Gasteiger partial charge in [-0.3, -0.25) is 9.59 Å². The van der Waals surface area contributed by atoms with Crippen LogP contribution in [0.2, 0.25) is 0 Å². The van der Waals surface area contributed by atoms with Gasteiger partial charge in [-0.05, 0) is 6.07 Å². The molecule has 1 aromatic carbocycles. The van der Waals surface area contributed by atoms with Crippen molar-refractivity contribution in [1.82, 2.24) is 19.8 Å². The zero-order valence-electron chi connectivity index (χ0n) is 15.2. The van der Waals surface area contributed by atoms with Crippen molar-refractivity contribution in [3.8, 4) is 5.75 Å². The highest BCUT2D eigenvalue weighted by molar-refractivity contribution is 7.99. The average molecular weight is 386 g/mol. The highest BCUT2D eigenvalue weighted by Gasteiger charge is 2.34. The van der Waals surface area contributed by atoms with Crippen LogP contribution in [0.1, 0.15) is 17.7 Å². The second-order valence-corrected chi connectivity index (χ2v) is 7.82. The Morgan fingerprint density at radius 1 is 1.41 bits per heavy atom. The van der Waals surface area contributed by atoms with Crippen LogP contribution in [0.25, 0.3) is 0 Å². The first-order valence-electron chi connectivity index (χ1n) is 9.00. The molecule has 0 radical (unpaired) electrons. The summed E-state index contributed by atoms with van der Waals surface area (Å²) in [4.78, 5) is 31.1. The largest absolute Gasteiger partial charge is 0.496 e. The van der Waals surface area contributed by atoms with Gasteiger partial charge in [-0.25, -0.2) is 4.98 Å². The van der Waals surface area contributed by atoms with Gasteiger partial charge in [-0.1, -0.05) is 30.0 Å². The van der Waals surface area contributed by atoms with E-state index in [2.05, 4.69) is 14.9 Å². The third-order valence-corrected chi connectivity index (χ3v) is 5.91. The Hall–Kier alpha value is -2.48. The fourth-order valence-electron chi connectivity index (χ4n) is 3.51. The van der Waals surface area contributed by atoms with Gasteiger partial charge in [0.2, 0.25) is 11.8 Å². The first-order chi connectivity index (χ1) is 13.1. The third-order valence-electron chi connectivity index (χ3n) is 4.94. The lowest BCUT2D eigenvalue weighted by molar-refractivity contribution is -0.129. The number of amides is 2. The van der Waals surface area contributed by atoms with Crippen molar-refractivity contribution in [3.63, 3.8) is 0 Å². The Kier molecular flexibility index (Phi) is 5.07. The van der Waals surface area contributed by atoms with E-state index in [0.717, 1.165) is 34.5 Å². The van der Waals surface area contributed by atoms with Gasteiger partial charge in [-0.2, -0.15) is 0 Å². The smallest absolute Gasteiger partial charge is 0.225 e. The number of hydrogen-bond donors (Lipinski definition) is 1. The highest BCUT2D eigenvalue weighted by atomic mass is 32.2. The van der Waals surface area contributed by atoms with Crippen LogP contribution in [0.15, 0.2) is 35.6 Å². The van der Waals surface area contributed by atoms with Crippen molar-refractivity contribution in [2.45, 2.75) is 31.2 Å². The van der Waals surface area contributed by atoms with Crippen molar-refractivity contribution in [3.05, 3.63) is 41.7 Å². The number of fused-ring (bicyclic) bond motifs is 1. The minimum Gasteiger partial charge on any atom is -0.496 e. The van der Waals surface area contributed by atoms with Crippen molar-refractivity contribution >= 4 is 23.6 Å². The average Bonchev–Trinajstić information content (AvgIpc) is 3.35. The molecule has 2 aromatic rings. The van der Waals surface area contributed by atoms with Gasteiger partial charge in [0.15, 0.2) is 5.16 Å². The molecular weight excluding hydrogens is 364 g/mol. The molecule has 0 saturated carbocycles. The van der Waals surface area contributed by atoms with Crippen LogP contribution in [0.5, 0.6) is 5.75 Å². The molecule has 1 atom stereocenters. The molecular formula is C19H22N4O3S. The summed E-state index contributed by atoms with van der Waals surface area (Å²) in [5.74, 6) is 1.39. The standard InChI is InChI=1S/C19H22N4O3S/c1-26-16-5-3-2-4-13(16)10-23-11-14(8-17(23)24)18(25)20-9-15-12-22-6-7-27-19(22)21-15/h2-5,12,14H,6-11H2,1H3,(H,20,25)/t14-/m1/s1. The number of imidazole rings is 1. The summed E-state index contributed by atoms with van der Waals surface area (Å²) in [6.07, 6.45) is 2.24. The first kappa shape index (κ1) is 17.9. The van der Waals surface area contributed by atoms with Crippen LogP contribution in [-0.4, -0.2) is 45.7 Å². The van der Waals surface area contributed by atoms with Crippen molar-refractivity contribution in [1.29, 1.82) is 0 Å². The number of hydrogen-bond acceptors (Lipinski definition) is 5. The minimum absolute atomic E-state index is 0.00146. The Morgan fingerprint density at radius 3 is 3.07 bits per heavy atom. The molecule has 1 aromatic heterocycles. The van der Waals surface area contributed by atoms with Gasteiger partial charge in [0.1, 0.15) is 5.75 Å². The van der Waals surface area contributed by atoms with Crippen LogP contribution in [0, 0.1) is 5.92 Å². The molecule has 142 valence electrons. The number of benzene rings is 1. The summed E-state index contributed by atoms with van der Waals surface area (Å²) in [6.45, 7) is 2.25. The van der Waals surface area contributed by atoms with E-state index in [0.29, 0.717) is 19.6 Å². The molecule has 8 heteroatoms. The summed E-state index contributed by atoms with van der Waals surface area (Å²) >= 11 is 1.73. The van der Waals surface area contributed by atoms with E-state index in [4.69, 9.17) is 4.74 Å². The third kappa shape index (κ3) is 3.80. The topological polar surface area (TPSA) is 76.5 Å². The number of aryl methyl sites for hydroxylation is 1. The molecule has 1 N–H and O–H groups in total. The number of rotatable bonds is 6. The summed E-state index contributed by atoms with van der Waals surface area (Å²) in [7, 11) is 1.62. The molecule has 0 bridgehead atoms. The summed E-state index contributed by atoms with van der Waals surface area (Å²) in [5.41, 5.74) is 1.81. The van der Waals surface area contributed by atoms with E-state index in [9.17, 15) is 9.59 Å². The lowest BCUT2D eigenvalue weighted by Gasteiger charge is -2.18. The van der Waals surface area contributed by atoms with E-state index in [1.165, 1.54) is 0 Å². The monoisotopic (exact) mass is 386 g/mol. The molecule has 2 aliphatic heterocycles. The van der Waals surface area contributed by atoms with Gasteiger partial charge in [0.05, 0.1) is 25.3 Å². The zero-order valence-corrected chi connectivity index (χ0v) is 16.0. The quantitative estimate of drug-likeness (QED) is 0.817. The van der Waals surface area contributed by atoms with Crippen molar-refractivity contribution < 1.29 is 14.3 Å². The lowest BCUT2D eigenvalue weighted by Crippen LogP contribution is -2.32. The second kappa shape index (κ2) is 7.64. The number of carbonyl (C=O) groups excluding carboxylic acids is 2. The van der Waals surface area contributed by atoms with E-state index in [1.54, 1.807) is 23.8 Å². The maximum atomic E-state index is 12.5. The molecule has 0 aliphatic carbocycles. The SMILES string of the molecule is COc1ccccc1CN1C[C@H](C(=O)NCc2cn3c(n2)SCC3)CC1=O. The Labute approximate surface area is 162 Å². The maximum Gasteiger partial charge on any atom is 0.225 e.